The van der Waals surface area contributed by atoms with Crippen molar-refractivity contribution in [2.75, 3.05) is 17.6 Å². The van der Waals surface area contributed by atoms with Gasteiger partial charge in [0.1, 0.15) is 4.99 Å². The molecule has 1 aromatic rings. The smallest absolute Gasteiger partial charge is 0.209 e. The zero-order valence-corrected chi connectivity index (χ0v) is 10.7. The highest BCUT2D eigenvalue weighted by Crippen LogP contribution is 2.12. The molecule has 0 spiro atoms. The van der Waals surface area contributed by atoms with Gasteiger partial charge in [0.2, 0.25) is 10.0 Å². The van der Waals surface area contributed by atoms with Gasteiger partial charge in [-0.25, -0.2) is 13.6 Å². The minimum Gasteiger partial charge on any atom is -0.389 e. The molecule has 1 heterocycles. The first-order valence-electron chi connectivity index (χ1n) is 4.88. The number of hydrogen-bond donors (Lipinski definition) is 3. The van der Waals surface area contributed by atoms with Crippen LogP contribution in [0.3, 0.4) is 0 Å². The molecule has 0 saturated carbocycles. The van der Waals surface area contributed by atoms with Crippen molar-refractivity contribution in [2.45, 2.75) is 6.42 Å². The van der Waals surface area contributed by atoms with Crippen molar-refractivity contribution in [3.8, 4) is 0 Å². The van der Waals surface area contributed by atoms with E-state index in [0.717, 1.165) is 0 Å². The van der Waals surface area contributed by atoms with E-state index in [2.05, 4.69) is 10.3 Å². The van der Waals surface area contributed by atoms with Crippen molar-refractivity contribution in [1.82, 2.24) is 4.98 Å². The molecule has 1 rings (SSSR count). The fourth-order valence-electron chi connectivity index (χ4n) is 1.25. The van der Waals surface area contributed by atoms with Gasteiger partial charge in [-0.2, -0.15) is 0 Å². The lowest BCUT2D eigenvalue weighted by Crippen LogP contribution is -2.19. The summed E-state index contributed by atoms with van der Waals surface area (Å²) in [5.41, 5.74) is 6.91. The number of sulfonamides is 1. The average Bonchev–Trinajstić information content (AvgIpc) is 2.23. The molecule has 8 heteroatoms. The van der Waals surface area contributed by atoms with E-state index in [1.54, 1.807) is 18.5 Å². The molecule has 0 saturated heterocycles. The van der Waals surface area contributed by atoms with E-state index in [0.29, 0.717) is 24.2 Å². The van der Waals surface area contributed by atoms with Crippen LogP contribution in [-0.2, 0) is 10.0 Å². The third kappa shape index (κ3) is 5.07. The molecule has 94 valence electrons. The Morgan fingerprint density at radius 1 is 1.53 bits per heavy atom. The topological polar surface area (TPSA) is 111 Å². The maximum Gasteiger partial charge on any atom is 0.209 e. The summed E-state index contributed by atoms with van der Waals surface area (Å²) in [7, 11) is -3.41. The van der Waals surface area contributed by atoms with E-state index in [-0.39, 0.29) is 10.7 Å². The van der Waals surface area contributed by atoms with Gasteiger partial charge in [0.25, 0.3) is 0 Å². The Bertz CT molecular complexity index is 501. The Morgan fingerprint density at radius 3 is 2.82 bits per heavy atom. The van der Waals surface area contributed by atoms with Gasteiger partial charge in [0.05, 0.1) is 17.6 Å². The number of rotatable bonds is 6. The van der Waals surface area contributed by atoms with Crippen molar-refractivity contribution < 1.29 is 8.42 Å². The Balaban J connectivity index is 2.55. The highest BCUT2D eigenvalue weighted by molar-refractivity contribution is 7.89. The summed E-state index contributed by atoms with van der Waals surface area (Å²) in [6.45, 7) is 0.456. The van der Waals surface area contributed by atoms with Crippen molar-refractivity contribution >= 4 is 32.9 Å². The second kappa shape index (κ2) is 5.89. The molecule has 17 heavy (non-hydrogen) atoms. The zero-order chi connectivity index (χ0) is 12.9. The highest BCUT2D eigenvalue weighted by atomic mass is 32.2. The number of primary sulfonamides is 1. The van der Waals surface area contributed by atoms with Gasteiger partial charge in [-0.3, -0.25) is 4.98 Å². The quantitative estimate of drug-likeness (QED) is 0.489. The maximum atomic E-state index is 10.7. The van der Waals surface area contributed by atoms with Crippen LogP contribution in [0.5, 0.6) is 0 Å². The minimum atomic E-state index is -3.41. The Morgan fingerprint density at radius 2 is 2.24 bits per heavy atom. The van der Waals surface area contributed by atoms with E-state index in [1.807, 2.05) is 0 Å². The summed E-state index contributed by atoms with van der Waals surface area (Å²) >= 11 is 4.88. The number of nitrogens with two attached hydrogens (primary N) is 2. The molecule has 0 aromatic carbocycles. The molecular formula is C9H14N4O2S2. The van der Waals surface area contributed by atoms with Crippen LogP contribution in [0.4, 0.5) is 5.69 Å². The van der Waals surface area contributed by atoms with E-state index >= 15 is 0 Å². The first-order chi connectivity index (χ1) is 7.90. The lowest BCUT2D eigenvalue weighted by atomic mass is 10.2. The lowest BCUT2D eigenvalue weighted by molar-refractivity contribution is 0.596. The molecule has 6 nitrogen and oxygen atoms in total. The monoisotopic (exact) mass is 274 g/mol. The second-order valence-corrected chi connectivity index (χ2v) is 5.61. The predicted octanol–water partition coefficient (Wildman–Crippen LogP) is -0.194. The second-order valence-electron chi connectivity index (χ2n) is 3.43. The van der Waals surface area contributed by atoms with Crippen molar-refractivity contribution in [1.29, 1.82) is 0 Å². The number of aromatic nitrogens is 1. The molecule has 0 aliphatic rings. The van der Waals surface area contributed by atoms with Gasteiger partial charge in [-0.05, 0) is 12.5 Å². The number of thiocarbonyl (C=S) groups is 1. The van der Waals surface area contributed by atoms with Crippen LogP contribution in [0.1, 0.15) is 12.0 Å². The fraction of sp³-hybridized carbons (Fsp3) is 0.333. The molecule has 0 radical (unpaired) electrons. The van der Waals surface area contributed by atoms with E-state index < -0.39 is 10.0 Å². The van der Waals surface area contributed by atoms with Crippen molar-refractivity contribution in [3.05, 3.63) is 24.0 Å². The molecular weight excluding hydrogens is 260 g/mol. The minimum absolute atomic E-state index is 0.0668. The van der Waals surface area contributed by atoms with Gasteiger partial charge in [-0.1, -0.05) is 12.2 Å². The predicted molar refractivity (Wildman–Crippen MR) is 71.2 cm³/mol. The van der Waals surface area contributed by atoms with Crippen molar-refractivity contribution in [3.63, 3.8) is 0 Å². The van der Waals surface area contributed by atoms with Crippen molar-refractivity contribution in [2.24, 2.45) is 10.9 Å². The standard InChI is InChI=1S/C9H14N4O2S2/c10-9(16)7-2-4-12-6-8(7)13-3-1-5-17(11,14)15/h2,4,6,13H,1,3,5H2,(H2,10,16)(H2,11,14,15). The third-order valence-corrected chi connectivity index (χ3v) is 3.09. The number of anilines is 1. The molecule has 1 aromatic heterocycles. The van der Waals surface area contributed by atoms with Crippen LogP contribution in [-0.4, -0.2) is 30.7 Å². The number of hydrogen-bond acceptors (Lipinski definition) is 5. The molecule has 0 bridgehead atoms. The molecule has 0 aliphatic heterocycles. The SMILES string of the molecule is NC(=S)c1ccncc1NCCCS(N)(=O)=O. The molecule has 0 amide bonds. The fourth-order valence-corrected chi connectivity index (χ4v) is 1.97. The third-order valence-electron chi connectivity index (χ3n) is 2.01. The molecule has 0 fully saturated rings. The summed E-state index contributed by atoms with van der Waals surface area (Å²) < 4.78 is 21.4. The highest BCUT2D eigenvalue weighted by Gasteiger charge is 2.05. The van der Waals surface area contributed by atoms with Crippen LogP contribution in [0, 0.1) is 0 Å². The summed E-state index contributed by atoms with van der Waals surface area (Å²) in [4.78, 5) is 4.20. The summed E-state index contributed by atoms with van der Waals surface area (Å²) in [6.07, 6.45) is 3.58. The van der Waals surface area contributed by atoms with Crippen LogP contribution >= 0.6 is 12.2 Å². The summed E-state index contributed by atoms with van der Waals surface area (Å²) in [6, 6.07) is 1.70. The first kappa shape index (κ1) is 13.8. The van der Waals surface area contributed by atoms with Gasteiger partial charge in [0, 0.05) is 18.3 Å². The Labute approximate surface area is 105 Å². The van der Waals surface area contributed by atoms with E-state index in [1.165, 1.54) is 0 Å². The number of nitrogens with zero attached hydrogens (tertiary/aromatic N) is 1. The van der Waals surface area contributed by atoms with Gasteiger partial charge >= 0.3 is 0 Å². The number of pyridine rings is 1. The molecule has 0 atom stereocenters. The first-order valence-corrected chi connectivity index (χ1v) is 7.00. The number of nitrogens with one attached hydrogen (secondary N) is 1. The maximum absolute atomic E-state index is 10.7. The molecule has 5 N–H and O–H groups in total. The van der Waals surface area contributed by atoms with Gasteiger partial charge in [0.15, 0.2) is 0 Å². The van der Waals surface area contributed by atoms with Crippen LogP contribution in [0.25, 0.3) is 0 Å². The molecule has 0 unspecified atom stereocenters. The summed E-state index contributed by atoms with van der Waals surface area (Å²) in [5.74, 6) is -0.0668. The van der Waals surface area contributed by atoms with Gasteiger partial charge < -0.3 is 11.1 Å². The van der Waals surface area contributed by atoms with Crippen LogP contribution in [0.2, 0.25) is 0 Å². The van der Waals surface area contributed by atoms with Crippen LogP contribution in [0.15, 0.2) is 18.5 Å². The Kier molecular flexibility index (Phi) is 4.79. The van der Waals surface area contributed by atoms with Gasteiger partial charge in [-0.15, -0.1) is 0 Å². The molecule has 0 aliphatic carbocycles. The van der Waals surface area contributed by atoms with Crippen LogP contribution < -0.4 is 16.2 Å². The Hall–Kier alpha value is -1.25. The largest absolute Gasteiger partial charge is 0.389 e. The van der Waals surface area contributed by atoms with E-state index in [9.17, 15) is 8.42 Å². The lowest BCUT2D eigenvalue weighted by Gasteiger charge is -2.09. The van der Waals surface area contributed by atoms with E-state index in [4.69, 9.17) is 23.1 Å². The summed E-state index contributed by atoms with van der Waals surface area (Å²) in [5, 5.41) is 7.90. The average molecular weight is 274 g/mol. The zero-order valence-electron chi connectivity index (χ0n) is 9.09. The normalized spacial score (nSPS) is 11.1.